The van der Waals surface area contributed by atoms with Crippen molar-refractivity contribution in [2.24, 2.45) is 0 Å². The molecule has 2 heterocycles. The van der Waals surface area contributed by atoms with Gasteiger partial charge < -0.3 is 15.0 Å². The van der Waals surface area contributed by atoms with Gasteiger partial charge in [0.25, 0.3) is 5.91 Å². The number of carbonyl (C=O) groups excluding carboxylic acids is 2. The van der Waals surface area contributed by atoms with Crippen LogP contribution in [0.25, 0.3) is 0 Å². The molecule has 148 valence electrons. The Morgan fingerprint density at radius 3 is 2.63 bits per heavy atom. The zero-order chi connectivity index (χ0) is 19.1. The molecule has 1 aliphatic heterocycles. The van der Waals surface area contributed by atoms with Gasteiger partial charge in [0.2, 0.25) is 5.91 Å². The van der Waals surface area contributed by atoms with Gasteiger partial charge in [-0.2, -0.15) is 0 Å². The molecule has 0 aromatic carbocycles. The van der Waals surface area contributed by atoms with Crippen molar-refractivity contribution in [2.45, 2.75) is 70.4 Å². The summed E-state index contributed by atoms with van der Waals surface area (Å²) in [6.45, 7) is 3.43. The first-order chi connectivity index (χ1) is 13.1. The summed E-state index contributed by atoms with van der Waals surface area (Å²) in [5.74, 6) is -0.175. The summed E-state index contributed by atoms with van der Waals surface area (Å²) in [5.41, 5.74) is 1.08. The number of hydrogen-bond acceptors (Lipinski definition) is 5. The Balaban J connectivity index is 1.57. The first-order valence-electron chi connectivity index (χ1n) is 10.1. The smallest absolute Gasteiger partial charge is 0.274 e. The van der Waals surface area contributed by atoms with Crippen molar-refractivity contribution in [3.63, 3.8) is 0 Å². The quantitative estimate of drug-likeness (QED) is 0.791. The van der Waals surface area contributed by atoms with Crippen molar-refractivity contribution in [1.29, 1.82) is 0 Å². The van der Waals surface area contributed by atoms with Gasteiger partial charge in [-0.25, -0.2) is 4.98 Å². The van der Waals surface area contributed by atoms with Crippen LogP contribution in [0.5, 0.6) is 0 Å². The predicted octanol–water partition coefficient (Wildman–Crippen LogP) is 2.25. The van der Waals surface area contributed by atoms with Crippen LogP contribution in [0, 0.1) is 6.92 Å². The topological polar surface area (TPSA) is 84.4 Å². The molecule has 0 spiro atoms. The molecule has 1 aliphatic carbocycles. The monoisotopic (exact) mass is 374 g/mol. The lowest BCUT2D eigenvalue weighted by Crippen LogP contribution is -2.42. The molecule has 1 aromatic rings. The highest BCUT2D eigenvalue weighted by atomic mass is 16.5. The van der Waals surface area contributed by atoms with Gasteiger partial charge in [0, 0.05) is 38.4 Å². The number of nitrogens with zero attached hydrogens (tertiary/aromatic N) is 3. The molecule has 0 unspecified atom stereocenters. The Morgan fingerprint density at radius 2 is 1.96 bits per heavy atom. The number of ether oxygens (including phenoxy) is 1. The van der Waals surface area contributed by atoms with Gasteiger partial charge in [0.15, 0.2) is 0 Å². The van der Waals surface area contributed by atoms with Crippen molar-refractivity contribution in [1.82, 2.24) is 20.2 Å². The number of amides is 2. The van der Waals surface area contributed by atoms with E-state index in [2.05, 4.69) is 15.3 Å². The average Bonchev–Trinajstić information content (AvgIpc) is 3.19. The maximum Gasteiger partial charge on any atom is 0.274 e. The lowest BCUT2D eigenvalue weighted by Gasteiger charge is -2.26. The number of hydrogen-bond donors (Lipinski definition) is 1. The third-order valence-electron chi connectivity index (χ3n) is 5.31. The van der Waals surface area contributed by atoms with Gasteiger partial charge in [0.1, 0.15) is 5.69 Å². The third kappa shape index (κ3) is 5.99. The molecule has 7 heteroatoms. The Kier molecular flexibility index (Phi) is 7.15. The number of nitrogens with one attached hydrogen (secondary N) is 1. The maximum absolute atomic E-state index is 12.9. The van der Waals surface area contributed by atoms with E-state index in [4.69, 9.17) is 4.74 Å². The molecular weight excluding hydrogens is 344 g/mol. The fraction of sp³-hybridized carbons (Fsp3) is 0.700. The van der Waals surface area contributed by atoms with E-state index in [-0.39, 0.29) is 24.0 Å². The largest absolute Gasteiger partial charge is 0.376 e. The van der Waals surface area contributed by atoms with Crippen LogP contribution in [0.15, 0.2) is 12.4 Å². The first-order valence-corrected chi connectivity index (χ1v) is 10.1. The van der Waals surface area contributed by atoms with Crippen LogP contribution in [-0.2, 0) is 9.53 Å². The fourth-order valence-corrected chi connectivity index (χ4v) is 3.76. The number of carbonyl (C=O) groups is 2. The Hall–Kier alpha value is -2.02. The van der Waals surface area contributed by atoms with Gasteiger partial charge >= 0.3 is 0 Å². The van der Waals surface area contributed by atoms with Gasteiger partial charge in [-0.1, -0.05) is 19.3 Å². The second-order valence-electron chi connectivity index (χ2n) is 7.58. The molecular formula is C20H30N4O3. The Labute approximate surface area is 160 Å². The van der Waals surface area contributed by atoms with E-state index in [9.17, 15) is 9.59 Å². The zero-order valence-electron chi connectivity index (χ0n) is 16.2. The summed E-state index contributed by atoms with van der Waals surface area (Å²) in [5, 5.41) is 3.12. The van der Waals surface area contributed by atoms with E-state index in [1.807, 2.05) is 6.92 Å². The van der Waals surface area contributed by atoms with Crippen molar-refractivity contribution >= 4 is 11.8 Å². The molecule has 1 N–H and O–H groups in total. The summed E-state index contributed by atoms with van der Waals surface area (Å²) >= 11 is 0. The van der Waals surface area contributed by atoms with Crippen LogP contribution >= 0.6 is 0 Å². The second-order valence-corrected chi connectivity index (χ2v) is 7.58. The predicted molar refractivity (Wildman–Crippen MR) is 101 cm³/mol. The van der Waals surface area contributed by atoms with E-state index < -0.39 is 0 Å². The van der Waals surface area contributed by atoms with Gasteiger partial charge in [-0.15, -0.1) is 0 Å². The highest BCUT2D eigenvalue weighted by Crippen LogP contribution is 2.18. The van der Waals surface area contributed by atoms with Crippen molar-refractivity contribution in [3.05, 3.63) is 23.8 Å². The lowest BCUT2D eigenvalue weighted by atomic mass is 9.95. The number of aromatic nitrogens is 2. The maximum atomic E-state index is 12.9. The average molecular weight is 374 g/mol. The van der Waals surface area contributed by atoms with Gasteiger partial charge in [0.05, 0.1) is 18.0 Å². The summed E-state index contributed by atoms with van der Waals surface area (Å²) < 4.78 is 5.69. The molecule has 1 atom stereocenters. The fourth-order valence-electron chi connectivity index (χ4n) is 3.76. The normalized spacial score (nSPS) is 20.4. The van der Waals surface area contributed by atoms with Gasteiger partial charge in [-0.3, -0.25) is 14.6 Å². The molecule has 1 aromatic heterocycles. The molecule has 7 nitrogen and oxygen atoms in total. The molecule has 1 saturated carbocycles. The zero-order valence-corrected chi connectivity index (χ0v) is 16.2. The SMILES string of the molecule is Cc1cnc(C(=O)N(CCC(=O)NC2CCCCC2)C[C@H]2CCCO2)cn1. The molecule has 2 amide bonds. The molecule has 2 fully saturated rings. The van der Waals surface area contributed by atoms with Crippen molar-refractivity contribution < 1.29 is 14.3 Å². The van der Waals surface area contributed by atoms with E-state index >= 15 is 0 Å². The minimum Gasteiger partial charge on any atom is -0.376 e. The van der Waals surface area contributed by atoms with E-state index in [1.165, 1.54) is 25.5 Å². The van der Waals surface area contributed by atoms with E-state index in [0.717, 1.165) is 38.0 Å². The Bertz CT molecular complexity index is 623. The summed E-state index contributed by atoms with van der Waals surface area (Å²) in [6.07, 6.45) is 11.1. The Morgan fingerprint density at radius 1 is 1.15 bits per heavy atom. The molecule has 0 bridgehead atoms. The second kappa shape index (κ2) is 9.78. The van der Waals surface area contributed by atoms with E-state index in [0.29, 0.717) is 25.2 Å². The molecule has 0 radical (unpaired) electrons. The van der Waals surface area contributed by atoms with Crippen LogP contribution in [0.3, 0.4) is 0 Å². The van der Waals surface area contributed by atoms with Crippen molar-refractivity contribution in [2.75, 3.05) is 19.7 Å². The molecule has 1 saturated heterocycles. The van der Waals surface area contributed by atoms with Crippen LogP contribution in [0.1, 0.15) is 67.5 Å². The van der Waals surface area contributed by atoms with Crippen LogP contribution < -0.4 is 5.32 Å². The summed E-state index contributed by atoms with van der Waals surface area (Å²) in [7, 11) is 0. The number of aryl methyl sites for hydroxylation is 1. The number of rotatable bonds is 7. The van der Waals surface area contributed by atoms with Crippen LogP contribution in [0.4, 0.5) is 0 Å². The van der Waals surface area contributed by atoms with Crippen LogP contribution in [-0.4, -0.2) is 58.5 Å². The van der Waals surface area contributed by atoms with Crippen molar-refractivity contribution in [3.8, 4) is 0 Å². The van der Waals surface area contributed by atoms with Crippen LogP contribution in [0.2, 0.25) is 0 Å². The third-order valence-corrected chi connectivity index (χ3v) is 5.31. The molecule has 3 rings (SSSR count). The summed E-state index contributed by atoms with van der Waals surface area (Å²) in [6, 6.07) is 0.288. The lowest BCUT2D eigenvalue weighted by molar-refractivity contribution is -0.122. The minimum atomic E-state index is -0.191. The minimum absolute atomic E-state index is 0.0158. The van der Waals surface area contributed by atoms with E-state index in [1.54, 1.807) is 11.1 Å². The summed E-state index contributed by atoms with van der Waals surface area (Å²) in [4.78, 5) is 35.3. The van der Waals surface area contributed by atoms with Gasteiger partial charge in [-0.05, 0) is 32.6 Å². The first kappa shape index (κ1) is 19.7. The standard InChI is InChI=1S/C20H30N4O3/c1-15-12-22-18(13-21-15)20(26)24(14-17-8-5-11-27-17)10-9-19(25)23-16-6-3-2-4-7-16/h12-13,16-17H,2-11,14H2,1H3,(H,23,25)/t17-/m1/s1. The highest BCUT2D eigenvalue weighted by molar-refractivity contribution is 5.92. The molecule has 2 aliphatic rings. The molecule has 27 heavy (non-hydrogen) atoms. The highest BCUT2D eigenvalue weighted by Gasteiger charge is 2.25.